The van der Waals surface area contributed by atoms with Gasteiger partial charge < -0.3 is 9.84 Å². The molecular formula is C20H21N3O4S. The lowest BCUT2D eigenvalue weighted by molar-refractivity contribution is -0.116. The van der Waals surface area contributed by atoms with Crippen LogP contribution < -0.4 is 5.32 Å². The Hall–Kier alpha value is -3.00. The summed E-state index contributed by atoms with van der Waals surface area (Å²) in [7, 11) is -3.56. The highest BCUT2D eigenvalue weighted by molar-refractivity contribution is 7.90. The predicted molar refractivity (Wildman–Crippen MR) is 104 cm³/mol. The van der Waals surface area contributed by atoms with Crippen LogP contribution in [-0.4, -0.2) is 24.5 Å². The molecule has 1 aromatic heterocycles. The number of aryl methyl sites for hydroxylation is 3. The van der Waals surface area contributed by atoms with E-state index in [9.17, 15) is 13.2 Å². The molecule has 0 atom stereocenters. The molecule has 0 saturated heterocycles. The molecule has 146 valence electrons. The topological polar surface area (TPSA) is 102 Å². The summed E-state index contributed by atoms with van der Waals surface area (Å²) in [6, 6.07) is 14.1. The smallest absolute Gasteiger partial charge is 0.227 e. The van der Waals surface area contributed by atoms with Gasteiger partial charge in [0.25, 0.3) is 0 Å². The van der Waals surface area contributed by atoms with Crippen molar-refractivity contribution in [2.75, 3.05) is 5.32 Å². The second kappa shape index (κ2) is 8.35. The Labute approximate surface area is 163 Å². The number of anilines is 1. The van der Waals surface area contributed by atoms with Crippen LogP contribution in [0.15, 0.2) is 57.9 Å². The van der Waals surface area contributed by atoms with E-state index >= 15 is 0 Å². The van der Waals surface area contributed by atoms with Crippen LogP contribution >= 0.6 is 0 Å². The molecule has 1 amide bonds. The molecule has 0 saturated carbocycles. The van der Waals surface area contributed by atoms with Gasteiger partial charge in [-0.25, -0.2) is 8.42 Å². The van der Waals surface area contributed by atoms with Crippen LogP contribution in [0.25, 0.3) is 0 Å². The zero-order valence-corrected chi connectivity index (χ0v) is 16.5. The summed E-state index contributed by atoms with van der Waals surface area (Å²) in [5, 5.41) is 6.50. The molecule has 2 aromatic carbocycles. The van der Waals surface area contributed by atoms with Gasteiger partial charge in [-0.15, -0.1) is 0 Å². The number of nitrogens with zero attached hydrogens (tertiary/aromatic N) is 2. The molecule has 0 radical (unpaired) electrons. The molecule has 0 spiro atoms. The van der Waals surface area contributed by atoms with E-state index in [0.29, 0.717) is 5.69 Å². The van der Waals surface area contributed by atoms with Crippen LogP contribution in [0.1, 0.15) is 29.3 Å². The van der Waals surface area contributed by atoms with E-state index in [2.05, 4.69) is 15.5 Å². The van der Waals surface area contributed by atoms with E-state index in [1.807, 2.05) is 38.1 Å². The largest absolute Gasteiger partial charge is 0.339 e. The highest BCUT2D eigenvalue weighted by Gasteiger charge is 2.19. The van der Waals surface area contributed by atoms with Crippen LogP contribution in [0.2, 0.25) is 0 Å². The third kappa shape index (κ3) is 5.26. The van der Waals surface area contributed by atoms with Crippen molar-refractivity contribution in [2.45, 2.75) is 37.3 Å². The molecule has 0 aliphatic heterocycles. The van der Waals surface area contributed by atoms with Crippen LogP contribution in [0.3, 0.4) is 0 Å². The highest BCUT2D eigenvalue weighted by Crippen LogP contribution is 2.16. The monoisotopic (exact) mass is 399 g/mol. The Kier molecular flexibility index (Phi) is 5.89. The standard InChI is InChI=1S/C20H21N3O4S/c1-14-3-7-16(8-4-14)21-19(24)11-12-20-22-18(23-27-20)13-28(25,26)17-9-5-15(2)6-10-17/h3-10H,11-13H2,1-2H3,(H,21,24). The van der Waals surface area contributed by atoms with Crippen molar-refractivity contribution in [3.05, 3.63) is 71.4 Å². The molecule has 0 aliphatic carbocycles. The summed E-state index contributed by atoms with van der Waals surface area (Å²) in [5.74, 6) is -0.228. The molecule has 0 fully saturated rings. The van der Waals surface area contributed by atoms with Crippen molar-refractivity contribution in [1.29, 1.82) is 0 Å². The number of hydrogen-bond acceptors (Lipinski definition) is 6. The van der Waals surface area contributed by atoms with Crippen molar-refractivity contribution >= 4 is 21.4 Å². The number of carbonyl (C=O) groups excluding carboxylic acids is 1. The molecule has 0 bridgehead atoms. The number of carbonyl (C=O) groups is 1. The number of sulfone groups is 1. The molecule has 1 heterocycles. The summed E-state index contributed by atoms with van der Waals surface area (Å²) in [4.78, 5) is 16.3. The van der Waals surface area contributed by atoms with Gasteiger partial charge in [-0.1, -0.05) is 40.5 Å². The number of nitrogens with one attached hydrogen (secondary N) is 1. The quantitative estimate of drug-likeness (QED) is 0.654. The summed E-state index contributed by atoms with van der Waals surface area (Å²) in [6.07, 6.45) is 0.384. The van der Waals surface area contributed by atoms with E-state index in [-0.39, 0.29) is 41.1 Å². The van der Waals surface area contributed by atoms with Gasteiger partial charge in [0.05, 0.1) is 4.90 Å². The van der Waals surface area contributed by atoms with Crippen LogP contribution in [0, 0.1) is 13.8 Å². The summed E-state index contributed by atoms with van der Waals surface area (Å²) in [5.41, 5.74) is 2.80. The van der Waals surface area contributed by atoms with Gasteiger partial charge in [0.1, 0.15) is 5.75 Å². The van der Waals surface area contributed by atoms with Gasteiger partial charge in [0.15, 0.2) is 15.7 Å². The average Bonchev–Trinajstić information content (AvgIpc) is 3.09. The molecule has 1 N–H and O–H groups in total. The maximum Gasteiger partial charge on any atom is 0.227 e. The summed E-state index contributed by atoms with van der Waals surface area (Å²) < 4.78 is 29.9. The second-order valence-electron chi connectivity index (χ2n) is 6.59. The normalized spacial score (nSPS) is 11.4. The van der Waals surface area contributed by atoms with Crippen molar-refractivity contribution < 1.29 is 17.7 Å². The van der Waals surface area contributed by atoms with Crippen molar-refractivity contribution in [3.63, 3.8) is 0 Å². The minimum Gasteiger partial charge on any atom is -0.339 e. The Balaban J connectivity index is 1.55. The Morgan fingerprint density at radius 3 is 2.25 bits per heavy atom. The van der Waals surface area contributed by atoms with E-state index in [0.717, 1.165) is 11.1 Å². The first kappa shape index (κ1) is 19.8. The number of amides is 1. The van der Waals surface area contributed by atoms with Crippen LogP contribution in [0.4, 0.5) is 5.69 Å². The fourth-order valence-electron chi connectivity index (χ4n) is 2.53. The van der Waals surface area contributed by atoms with Crippen LogP contribution in [0.5, 0.6) is 0 Å². The van der Waals surface area contributed by atoms with Crippen molar-refractivity contribution in [1.82, 2.24) is 10.1 Å². The minimum absolute atomic E-state index is 0.0783. The van der Waals surface area contributed by atoms with E-state index in [1.54, 1.807) is 24.3 Å². The molecule has 3 aromatic rings. The first-order valence-corrected chi connectivity index (χ1v) is 10.4. The number of aromatic nitrogens is 2. The van der Waals surface area contributed by atoms with Gasteiger partial charge in [-0.05, 0) is 38.1 Å². The fraction of sp³-hybridized carbons (Fsp3) is 0.250. The number of hydrogen-bond donors (Lipinski definition) is 1. The van der Waals surface area contributed by atoms with E-state index in [4.69, 9.17) is 4.52 Å². The maximum atomic E-state index is 12.4. The lowest BCUT2D eigenvalue weighted by Crippen LogP contribution is -2.12. The Morgan fingerprint density at radius 2 is 1.61 bits per heavy atom. The minimum atomic E-state index is -3.56. The molecule has 8 heteroatoms. The van der Waals surface area contributed by atoms with Gasteiger partial charge in [0, 0.05) is 18.5 Å². The third-order valence-electron chi connectivity index (χ3n) is 4.11. The maximum absolute atomic E-state index is 12.4. The average molecular weight is 399 g/mol. The third-order valence-corrected chi connectivity index (χ3v) is 5.74. The zero-order valence-electron chi connectivity index (χ0n) is 15.7. The van der Waals surface area contributed by atoms with E-state index < -0.39 is 9.84 Å². The van der Waals surface area contributed by atoms with Gasteiger partial charge in [-0.2, -0.15) is 4.98 Å². The predicted octanol–water partition coefficient (Wildman–Crippen LogP) is 3.23. The number of rotatable bonds is 7. The summed E-state index contributed by atoms with van der Waals surface area (Å²) >= 11 is 0. The first-order chi connectivity index (χ1) is 13.3. The Morgan fingerprint density at radius 1 is 1.00 bits per heavy atom. The van der Waals surface area contributed by atoms with E-state index in [1.165, 1.54) is 0 Å². The van der Waals surface area contributed by atoms with Crippen molar-refractivity contribution in [3.8, 4) is 0 Å². The second-order valence-corrected chi connectivity index (χ2v) is 8.58. The number of benzene rings is 2. The molecule has 0 aliphatic rings. The zero-order chi connectivity index (χ0) is 20.1. The molecule has 7 nitrogen and oxygen atoms in total. The van der Waals surface area contributed by atoms with Gasteiger partial charge in [-0.3, -0.25) is 4.79 Å². The van der Waals surface area contributed by atoms with Crippen LogP contribution in [-0.2, 0) is 26.8 Å². The molecule has 0 unspecified atom stereocenters. The first-order valence-electron chi connectivity index (χ1n) is 8.79. The molecule has 28 heavy (non-hydrogen) atoms. The Bertz CT molecular complexity index is 1060. The molecule has 3 rings (SSSR count). The molecular weight excluding hydrogens is 378 g/mol. The summed E-state index contributed by atoms with van der Waals surface area (Å²) in [6.45, 7) is 3.86. The lowest BCUT2D eigenvalue weighted by Gasteiger charge is -2.04. The van der Waals surface area contributed by atoms with Gasteiger partial charge >= 0.3 is 0 Å². The van der Waals surface area contributed by atoms with Crippen molar-refractivity contribution in [2.24, 2.45) is 0 Å². The fourth-order valence-corrected chi connectivity index (χ4v) is 3.70. The highest BCUT2D eigenvalue weighted by atomic mass is 32.2. The SMILES string of the molecule is Cc1ccc(NC(=O)CCc2nc(CS(=O)(=O)c3ccc(C)cc3)no2)cc1. The van der Waals surface area contributed by atoms with Gasteiger partial charge in [0.2, 0.25) is 11.8 Å². The lowest BCUT2D eigenvalue weighted by atomic mass is 10.2.